The number of hydrogen-bond acceptors (Lipinski definition) is 4. The monoisotopic (exact) mass is 365 g/mol. The molecule has 3 aromatic rings. The highest BCUT2D eigenvalue weighted by atomic mass is 16.5. The van der Waals surface area contributed by atoms with Gasteiger partial charge in [0.1, 0.15) is 18.0 Å². The third-order valence-corrected chi connectivity index (χ3v) is 4.20. The molecular formula is C21H23N3O3. The van der Waals surface area contributed by atoms with Crippen LogP contribution in [0, 0.1) is 13.8 Å². The van der Waals surface area contributed by atoms with Crippen molar-refractivity contribution in [3.63, 3.8) is 0 Å². The normalized spacial score (nSPS) is 10.8. The second kappa shape index (κ2) is 8.03. The highest BCUT2D eigenvalue weighted by Crippen LogP contribution is 2.23. The molecule has 0 unspecified atom stereocenters. The van der Waals surface area contributed by atoms with E-state index in [0.717, 1.165) is 17.5 Å². The fourth-order valence-corrected chi connectivity index (χ4v) is 2.76. The van der Waals surface area contributed by atoms with E-state index in [9.17, 15) is 9.59 Å². The first kappa shape index (κ1) is 18.6. The Labute approximate surface area is 157 Å². The number of hydrogen-bond donors (Lipinski definition) is 1. The minimum absolute atomic E-state index is 0.0214. The van der Waals surface area contributed by atoms with Crippen LogP contribution in [0.25, 0.3) is 5.65 Å². The van der Waals surface area contributed by atoms with Crippen molar-refractivity contribution in [2.75, 3.05) is 5.32 Å². The summed E-state index contributed by atoms with van der Waals surface area (Å²) >= 11 is 0. The highest BCUT2D eigenvalue weighted by Gasteiger charge is 2.08. The van der Waals surface area contributed by atoms with Gasteiger partial charge in [-0.25, -0.2) is 4.98 Å². The lowest BCUT2D eigenvalue weighted by Crippen LogP contribution is -2.16. The van der Waals surface area contributed by atoms with Gasteiger partial charge in [0.15, 0.2) is 0 Å². The SMILES string of the molecule is CCCC(=O)Nc1ccc(C)c(OCc2cc(=O)n3ccc(C)cc3n2)c1. The maximum Gasteiger partial charge on any atom is 0.258 e. The predicted molar refractivity (Wildman–Crippen MR) is 105 cm³/mol. The summed E-state index contributed by atoms with van der Waals surface area (Å²) in [6.07, 6.45) is 3.00. The van der Waals surface area contributed by atoms with Crippen LogP contribution >= 0.6 is 0 Å². The van der Waals surface area contributed by atoms with Crippen molar-refractivity contribution in [3.05, 3.63) is 69.8 Å². The first-order valence-electron chi connectivity index (χ1n) is 8.98. The zero-order valence-electron chi connectivity index (χ0n) is 15.8. The van der Waals surface area contributed by atoms with Crippen molar-refractivity contribution in [1.82, 2.24) is 9.38 Å². The molecule has 0 bridgehead atoms. The van der Waals surface area contributed by atoms with Gasteiger partial charge in [-0.15, -0.1) is 0 Å². The molecule has 6 nitrogen and oxygen atoms in total. The molecule has 1 N–H and O–H groups in total. The Morgan fingerprint density at radius 3 is 2.78 bits per heavy atom. The topological polar surface area (TPSA) is 72.7 Å². The van der Waals surface area contributed by atoms with Crippen molar-refractivity contribution in [2.45, 2.75) is 40.2 Å². The summed E-state index contributed by atoms with van der Waals surface area (Å²) in [5.74, 6) is 0.627. The van der Waals surface area contributed by atoms with Crippen molar-refractivity contribution in [3.8, 4) is 5.75 Å². The first-order chi connectivity index (χ1) is 13.0. The molecule has 27 heavy (non-hydrogen) atoms. The van der Waals surface area contributed by atoms with Crippen LogP contribution in [-0.4, -0.2) is 15.3 Å². The van der Waals surface area contributed by atoms with E-state index < -0.39 is 0 Å². The Balaban J connectivity index is 1.79. The molecule has 0 saturated heterocycles. The lowest BCUT2D eigenvalue weighted by Gasteiger charge is -2.12. The summed E-state index contributed by atoms with van der Waals surface area (Å²) in [5.41, 5.74) is 3.68. The van der Waals surface area contributed by atoms with Gasteiger partial charge in [-0.05, 0) is 49.6 Å². The third kappa shape index (κ3) is 4.53. The first-order valence-corrected chi connectivity index (χ1v) is 8.98. The Morgan fingerprint density at radius 2 is 2.00 bits per heavy atom. The molecule has 3 rings (SSSR count). The van der Waals surface area contributed by atoms with Crippen LogP contribution in [0.3, 0.4) is 0 Å². The number of rotatable bonds is 6. The number of pyridine rings is 1. The molecule has 1 aromatic carbocycles. The van der Waals surface area contributed by atoms with E-state index in [-0.39, 0.29) is 18.1 Å². The number of carbonyl (C=O) groups excluding carboxylic acids is 1. The van der Waals surface area contributed by atoms with Gasteiger partial charge in [0.2, 0.25) is 5.91 Å². The number of nitrogens with one attached hydrogen (secondary N) is 1. The second-order valence-corrected chi connectivity index (χ2v) is 6.59. The number of amides is 1. The Morgan fingerprint density at radius 1 is 1.19 bits per heavy atom. The number of nitrogens with zero attached hydrogens (tertiary/aromatic N) is 2. The summed E-state index contributed by atoms with van der Waals surface area (Å²) in [6.45, 7) is 6.02. The molecule has 6 heteroatoms. The number of fused-ring (bicyclic) bond motifs is 1. The number of aromatic nitrogens is 2. The second-order valence-electron chi connectivity index (χ2n) is 6.59. The summed E-state index contributed by atoms with van der Waals surface area (Å²) in [6, 6.07) is 10.7. The Hall–Kier alpha value is -3.15. The summed E-state index contributed by atoms with van der Waals surface area (Å²) < 4.78 is 7.38. The van der Waals surface area contributed by atoms with Gasteiger partial charge in [-0.1, -0.05) is 13.0 Å². The molecule has 1 amide bonds. The molecule has 140 valence electrons. The molecule has 0 fully saturated rings. The van der Waals surface area contributed by atoms with Crippen molar-refractivity contribution < 1.29 is 9.53 Å². The van der Waals surface area contributed by atoms with Gasteiger partial charge in [0.25, 0.3) is 5.56 Å². The fourth-order valence-electron chi connectivity index (χ4n) is 2.76. The standard InChI is InChI=1S/C21H23N3O3/c1-4-5-20(25)23-16-7-6-15(3)18(11-16)27-13-17-12-21(26)24-9-8-14(2)10-19(24)22-17/h6-12H,4-5,13H2,1-3H3,(H,23,25). The van der Waals surface area contributed by atoms with E-state index in [1.54, 1.807) is 12.3 Å². The van der Waals surface area contributed by atoms with Crippen LogP contribution in [0.15, 0.2) is 47.4 Å². The van der Waals surface area contributed by atoms with Crippen LogP contribution in [0.1, 0.15) is 36.6 Å². The van der Waals surface area contributed by atoms with Crippen LogP contribution < -0.4 is 15.6 Å². The fraction of sp³-hybridized carbons (Fsp3) is 0.286. The minimum atomic E-state index is -0.143. The summed E-state index contributed by atoms with van der Waals surface area (Å²) in [5, 5.41) is 2.86. The Bertz CT molecular complexity index is 1040. The lowest BCUT2D eigenvalue weighted by molar-refractivity contribution is -0.116. The van der Waals surface area contributed by atoms with Crippen molar-refractivity contribution >= 4 is 17.2 Å². The minimum Gasteiger partial charge on any atom is -0.487 e. The van der Waals surface area contributed by atoms with Crippen molar-refractivity contribution in [1.29, 1.82) is 0 Å². The van der Waals surface area contributed by atoms with Crippen LogP contribution in [0.2, 0.25) is 0 Å². The smallest absolute Gasteiger partial charge is 0.258 e. The maximum absolute atomic E-state index is 12.2. The summed E-state index contributed by atoms with van der Waals surface area (Å²) in [4.78, 5) is 28.5. The van der Waals surface area contributed by atoms with E-state index >= 15 is 0 Å². The van der Waals surface area contributed by atoms with E-state index in [1.807, 2.05) is 45.0 Å². The number of benzene rings is 1. The molecule has 2 heterocycles. The average Bonchev–Trinajstić information content (AvgIpc) is 2.62. The maximum atomic E-state index is 12.2. The van der Waals surface area contributed by atoms with Gasteiger partial charge in [0, 0.05) is 30.4 Å². The molecule has 2 aromatic heterocycles. The zero-order chi connectivity index (χ0) is 19.4. The third-order valence-electron chi connectivity index (χ3n) is 4.20. The molecular weight excluding hydrogens is 342 g/mol. The van der Waals surface area contributed by atoms with Crippen LogP contribution in [0.5, 0.6) is 5.75 Å². The van der Waals surface area contributed by atoms with Crippen LogP contribution in [0.4, 0.5) is 5.69 Å². The molecule has 0 radical (unpaired) electrons. The van der Waals surface area contributed by atoms with Gasteiger partial charge < -0.3 is 10.1 Å². The molecule has 0 atom stereocenters. The van der Waals surface area contributed by atoms with Gasteiger partial charge >= 0.3 is 0 Å². The van der Waals surface area contributed by atoms with E-state index in [1.165, 1.54) is 10.5 Å². The number of anilines is 1. The van der Waals surface area contributed by atoms with Crippen molar-refractivity contribution in [2.24, 2.45) is 0 Å². The van der Waals surface area contributed by atoms with E-state index in [0.29, 0.717) is 29.2 Å². The molecule has 0 aliphatic carbocycles. The van der Waals surface area contributed by atoms with Gasteiger partial charge in [-0.2, -0.15) is 0 Å². The largest absolute Gasteiger partial charge is 0.487 e. The van der Waals surface area contributed by atoms with E-state index in [4.69, 9.17) is 4.74 Å². The quantitative estimate of drug-likeness (QED) is 0.724. The molecule has 0 spiro atoms. The highest BCUT2D eigenvalue weighted by molar-refractivity contribution is 5.90. The molecule has 0 aliphatic rings. The average molecular weight is 365 g/mol. The Kier molecular flexibility index (Phi) is 5.54. The predicted octanol–water partition coefficient (Wildman–Crippen LogP) is 3.63. The zero-order valence-corrected chi connectivity index (χ0v) is 15.8. The number of ether oxygens (including phenoxy) is 1. The lowest BCUT2D eigenvalue weighted by atomic mass is 10.2. The number of carbonyl (C=O) groups is 1. The van der Waals surface area contributed by atoms with Gasteiger partial charge in [0.05, 0.1) is 5.69 Å². The molecule has 0 aliphatic heterocycles. The molecule has 0 saturated carbocycles. The van der Waals surface area contributed by atoms with Gasteiger partial charge in [-0.3, -0.25) is 14.0 Å². The van der Waals surface area contributed by atoms with Crippen LogP contribution in [-0.2, 0) is 11.4 Å². The summed E-state index contributed by atoms with van der Waals surface area (Å²) in [7, 11) is 0. The van der Waals surface area contributed by atoms with E-state index in [2.05, 4.69) is 10.3 Å². The number of aryl methyl sites for hydroxylation is 2.